The van der Waals surface area contributed by atoms with Gasteiger partial charge in [-0.25, -0.2) is 0 Å². The topological polar surface area (TPSA) is 34.1 Å². The minimum Gasteiger partial charge on any atom is -0.299 e. The Bertz CT molecular complexity index is 293. The van der Waals surface area contributed by atoms with Crippen molar-refractivity contribution >= 4 is 11.6 Å². The fraction of sp³-hybridized carbons (Fsp3) is 0.833. The number of carbonyl (C=O) groups is 2. The van der Waals surface area contributed by atoms with E-state index >= 15 is 0 Å². The molecule has 16 heavy (non-hydrogen) atoms. The van der Waals surface area contributed by atoms with Crippen molar-refractivity contribution in [2.75, 3.05) is 13.3 Å². The molecule has 0 unspecified atom stereocenters. The number of Topliss-reactive ketones (excluding diaryl/α,β-unsaturated/α-hetero) is 2. The Morgan fingerprint density at radius 3 is 1.69 bits per heavy atom. The lowest BCUT2D eigenvalue weighted by Gasteiger charge is -2.40. The molecule has 0 amide bonds. The van der Waals surface area contributed by atoms with E-state index in [-0.39, 0.29) is 11.6 Å². The van der Waals surface area contributed by atoms with Gasteiger partial charge in [0.15, 0.2) is 0 Å². The van der Waals surface area contributed by atoms with Crippen molar-refractivity contribution < 1.29 is 18.4 Å². The normalized spacial score (nSPS) is 27.6. The van der Waals surface area contributed by atoms with E-state index in [1.54, 1.807) is 0 Å². The van der Waals surface area contributed by atoms with Gasteiger partial charge in [-0.05, 0) is 25.7 Å². The lowest BCUT2D eigenvalue weighted by atomic mass is 9.63. The Hall–Kier alpha value is -0.800. The number of carbonyl (C=O) groups excluding carboxylic acids is 2. The summed E-state index contributed by atoms with van der Waals surface area (Å²) in [6.45, 7) is -1.38. The number of halogens is 2. The molecular weight excluding hydrogens is 214 g/mol. The first-order chi connectivity index (χ1) is 7.58. The van der Waals surface area contributed by atoms with Crippen molar-refractivity contribution in [1.29, 1.82) is 0 Å². The molecule has 2 rings (SSSR count). The van der Waals surface area contributed by atoms with Crippen LogP contribution in [0.1, 0.15) is 38.5 Å². The molecule has 2 saturated carbocycles. The molecule has 2 nitrogen and oxygen atoms in total. The first-order valence-corrected chi connectivity index (χ1v) is 5.77. The van der Waals surface area contributed by atoms with E-state index in [1.807, 2.05) is 0 Å². The molecule has 2 aliphatic carbocycles. The van der Waals surface area contributed by atoms with Gasteiger partial charge >= 0.3 is 0 Å². The third-order valence-electron chi connectivity index (χ3n) is 4.38. The summed E-state index contributed by atoms with van der Waals surface area (Å²) in [5, 5.41) is 0. The Labute approximate surface area is 93.4 Å². The van der Waals surface area contributed by atoms with Crippen LogP contribution in [0.5, 0.6) is 0 Å². The van der Waals surface area contributed by atoms with E-state index in [0.29, 0.717) is 38.5 Å². The third kappa shape index (κ3) is 1.50. The second-order valence-electron chi connectivity index (χ2n) is 5.20. The van der Waals surface area contributed by atoms with Gasteiger partial charge in [0, 0.05) is 18.3 Å². The Kier molecular flexibility index (Phi) is 2.84. The third-order valence-corrected chi connectivity index (χ3v) is 4.38. The van der Waals surface area contributed by atoms with Crippen molar-refractivity contribution in [3.63, 3.8) is 0 Å². The average Bonchev–Trinajstić information content (AvgIpc) is 2.60. The molecular formula is C12H16F2O2. The first-order valence-electron chi connectivity index (χ1n) is 5.77. The highest BCUT2D eigenvalue weighted by Crippen LogP contribution is 2.50. The maximum Gasteiger partial charge on any atom is 0.146 e. The van der Waals surface area contributed by atoms with Crippen LogP contribution in [0.2, 0.25) is 0 Å². The predicted molar refractivity (Wildman–Crippen MR) is 54.5 cm³/mol. The summed E-state index contributed by atoms with van der Waals surface area (Å²) in [4.78, 5) is 23.5. The van der Waals surface area contributed by atoms with Crippen molar-refractivity contribution in [2.24, 2.45) is 10.8 Å². The van der Waals surface area contributed by atoms with Crippen molar-refractivity contribution in [3.05, 3.63) is 0 Å². The van der Waals surface area contributed by atoms with Crippen molar-refractivity contribution in [3.8, 4) is 0 Å². The summed E-state index contributed by atoms with van der Waals surface area (Å²) >= 11 is 0. The minimum atomic E-state index is -0.922. The standard InChI is InChI=1S/C12H16F2O2/c13-7-11(8-14)3-5-12(6-4-11)9(15)1-2-10(12)16/h1-8H2. The highest BCUT2D eigenvalue weighted by Gasteiger charge is 2.53. The van der Waals surface area contributed by atoms with Gasteiger partial charge in [0.2, 0.25) is 0 Å². The Morgan fingerprint density at radius 2 is 1.31 bits per heavy atom. The van der Waals surface area contributed by atoms with E-state index in [4.69, 9.17) is 0 Å². The number of ketones is 2. The summed E-state index contributed by atoms with van der Waals surface area (Å²) < 4.78 is 25.6. The van der Waals surface area contributed by atoms with Gasteiger partial charge in [-0.1, -0.05) is 0 Å². The molecule has 0 N–H and O–H groups in total. The number of alkyl halides is 2. The van der Waals surface area contributed by atoms with Crippen LogP contribution in [0.4, 0.5) is 8.78 Å². The van der Waals surface area contributed by atoms with E-state index in [0.717, 1.165) is 0 Å². The van der Waals surface area contributed by atoms with Crippen LogP contribution < -0.4 is 0 Å². The van der Waals surface area contributed by atoms with Crippen LogP contribution in [-0.4, -0.2) is 24.9 Å². The highest BCUT2D eigenvalue weighted by atomic mass is 19.1. The van der Waals surface area contributed by atoms with Gasteiger partial charge in [0.1, 0.15) is 11.6 Å². The lowest BCUT2D eigenvalue weighted by Crippen LogP contribution is -2.42. The van der Waals surface area contributed by atoms with Gasteiger partial charge in [0.25, 0.3) is 0 Å². The average molecular weight is 230 g/mol. The summed E-state index contributed by atoms with van der Waals surface area (Å²) in [5.41, 5.74) is -1.79. The van der Waals surface area contributed by atoms with Crippen LogP contribution in [0, 0.1) is 10.8 Å². The molecule has 0 aromatic rings. The first kappa shape index (κ1) is 11.7. The molecule has 4 heteroatoms. The Morgan fingerprint density at radius 1 is 0.875 bits per heavy atom. The fourth-order valence-electron chi connectivity index (χ4n) is 2.93. The van der Waals surface area contributed by atoms with E-state index < -0.39 is 24.2 Å². The van der Waals surface area contributed by atoms with Crippen LogP contribution in [0.15, 0.2) is 0 Å². The van der Waals surface area contributed by atoms with Crippen LogP contribution in [-0.2, 0) is 9.59 Å². The molecule has 0 aromatic carbocycles. The predicted octanol–water partition coefficient (Wildman–Crippen LogP) is 2.40. The molecule has 0 radical (unpaired) electrons. The zero-order valence-electron chi connectivity index (χ0n) is 9.23. The molecule has 0 aromatic heterocycles. The maximum atomic E-state index is 12.8. The van der Waals surface area contributed by atoms with E-state index in [2.05, 4.69) is 0 Å². The number of hydrogen-bond donors (Lipinski definition) is 0. The maximum absolute atomic E-state index is 12.8. The fourth-order valence-corrected chi connectivity index (χ4v) is 2.93. The van der Waals surface area contributed by atoms with Gasteiger partial charge < -0.3 is 0 Å². The van der Waals surface area contributed by atoms with Gasteiger partial charge in [0.05, 0.1) is 18.8 Å². The second kappa shape index (κ2) is 3.90. The monoisotopic (exact) mass is 230 g/mol. The smallest absolute Gasteiger partial charge is 0.146 e. The van der Waals surface area contributed by atoms with Crippen LogP contribution in [0.25, 0.3) is 0 Å². The van der Waals surface area contributed by atoms with Crippen LogP contribution in [0.3, 0.4) is 0 Å². The van der Waals surface area contributed by atoms with Gasteiger partial charge in [-0.3, -0.25) is 18.4 Å². The molecule has 90 valence electrons. The largest absolute Gasteiger partial charge is 0.299 e. The highest BCUT2D eigenvalue weighted by molar-refractivity contribution is 6.12. The molecule has 2 fully saturated rings. The zero-order valence-corrected chi connectivity index (χ0v) is 9.23. The second-order valence-corrected chi connectivity index (χ2v) is 5.20. The molecule has 0 bridgehead atoms. The van der Waals surface area contributed by atoms with Crippen molar-refractivity contribution in [2.45, 2.75) is 38.5 Å². The molecule has 0 saturated heterocycles. The van der Waals surface area contributed by atoms with E-state index in [9.17, 15) is 18.4 Å². The molecule has 1 spiro atoms. The van der Waals surface area contributed by atoms with Gasteiger partial charge in [-0.2, -0.15) is 0 Å². The number of hydrogen-bond acceptors (Lipinski definition) is 2. The number of rotatable bonds is 2. The molecule has 0 aliphatic heterocycles. The molecule has 0 heterocycles. The Balaban J connectivity index is 2.15. The summed E-state index contributed by atoms with van der Waals surface area (Å²) in [6, 6.07) is 0. The minimum absolute atomic E-state index is 0.0104. The van der Waals surface area contributed by atoms with Gasteiger partial charge in [-0.15, -0.1) is 0 Å². The van der Waals surface area contributed by atoms with E-state index in [1.165, 1.54) is 0 Å². The summed E-state index contributed by atoms with van der Waals surface area (Å²) in [7, 11) is 0. The quantitative estimate of drug-likeness (QED) is 0.683. The summed E-state index contributed by atoms with van der Waals surface area (Å²) in [6.07, 6.45) is 1.96. The summed E-state index contributed by atoms with van der Waals surface area (Å²) in [5.74, 6) is -0.0207. The van der Waals surface area contributed by atoms with Crippen LogP contribution >= 0.6 is 0 Å². The molecule has 2 aliphatic rings. The SMILES string of the molecule is O=C1CCC(=O)C12CCC(CF)(CF)CC2. The lowest BCUT2D eigenvalue weighted by molar-refractivity contribution is -0.139. The van der Waals surface area contributed by atoms with Crippen molar-refractivity contribution in [1.82, 2.24) is 0 Å². The zero-order chi connectivity index (χ0) is 11.8. The molecule has 0 atom stereocenters.